The van der Waals surface area contributed by atoms with Gasteiger partial charge in [-0.2, -0.15) is 5.26 Å². The molecule has 5 atom stereocenters. The number of carbonyl (C=O) groups excluding carboxylic acids is 3. The van der Waals surface area contributed by atoms with Crippen molar-refractivity contribution in [2.24, 2.45) is 23.1 Å². The molecule has 0 spiro atoms. The second-order valence-corrected chi connectivity index (χ2v) is 11.1. The van der Waals surface area contributed by atoms with Crippen molar-refractivity contribution in [3.8, 4) is 6.07 Å². The summed E-state index contributed by atoms with van der Waals surface area (Å²) in [5, 5.41) is 12.8. The van der Waals surface area contributed by atoms with E-state index in [1.807, 2.05) is 25.1 Å². The fourth-order valence-corrected chi connectivity index (χ4v) is 6.60. The number of rotatable bonds is 8. The monoisotopic (exact) mass is 526 g/mol. The number of hydrogen-bond acceptors (Lipinski definition) is 6. The third-order valence-corrected chi connectivity index (χ3v) is 8.63. The van der Waals surface area contributed by atoms with Gasteiger partial charge < -0.3 is 27.4 Å². The summed E-state index contributed by atoms with van der Waals surface area (Å²) in [5.74, 6) is -0.740. The van der Waals surface area contributed by atoms with E-state index in [4.69, 9.17) is 17.2 Å². The molecule has 3 aliphatic rings. The quantitative estimate of drug-likeness (QED) is 0.406. The van der Waals surface area contributed by atoms with E-state index in [-0.39, 0.29) is 37.0 Å². The van der Waals surface area contributed by atoms with Gasteiger partial charge in [0.2, 0.25) is 17.7 Å². The van der Waals surface area contributed by atoms with E-state index in [1.165, 1.54) is 0 Å². The van der Waals surface area contributed by atoms with Gasteiger partial charge in [-0.25, -0.2) is 0 Å². The van der Waals surface area contributed by atoms with E-state index < -0.39 is 17.2 Å². The van der Waals surface area contributed by atoms with Crippen molar-refractivity contribution in [2.45, 2.75) is 62.6 Å². The molecule has 2 fully saturated rings. The first-order valence-corrected chi connectivity index (χ1v) is 13.3. The molecule has 2 aliphatic carbocycles. The molecule has 2 aromatic rings. The molecular formula is C30H34N6O3. The lowest BCUT2D eigenvalue weighted by molar-refractivity contribution is -0.131. The summed E-state index contributed by atoms with van der Waals surface area (Å²) < 4.78 is 0. The van der Waals surface area contributed by atoms with Gasteiger partial charge in [-0.05, 0) is 91.0 Å². The third-order valence-electron chi connectivity index (χ3n) is 8.63. The molecule has 0 aromatic heterocycles. The number of fused-ring (bicyclic) bond motifs is 3. The van der Waals surface area contributed by atoms with Crippen molar-refractivity contribution in [1.82, 2.24) is 10.2 Å². The van der Waals surface area contributed by atoms with Crippen molar-refractivity contribution in [2.75, 3.05) is 6.54 Å². The Balaban J connectivity index is 1.50. The van der Waals surface area contributed by atoms with Crippen LogP contribution in [0.4, 0.5) is 0 Å². The molecule has 1 aliphatic heterocycles. The number of primary amides is 2. The second kappa shape index (κ2) is 9.86. The average molecular weight is 527 g/mol. The van der Waals surface area contributed by atoms with E-state index in [0.717, 1.165) is 40.7 Å². The van der Waals surface area contributed by atoms with Gasteiger partial charge in [0.25, 0.3) is 0 Å². The first kappa shape index (κ1) is 26.4. The van der Waals surface area contributed by atoms with Gasteiger partial charge in [0, 0.05) is 23.3 Å². The minimum absolute atomic E-state index is 0.0592. The average Bonchev–Trinajstić information content (AvgIpc) is 3.60. The Morgan fingerprint density at radius 3 is 2.26 bits per heavy atom. The number of hydrogen-bond donors (Lipinski definition) is 4. The Bertz CT molecular complexity index is 1360. The molecule has 7 N–H and O–H groups in total. The summed E-state index contributed by atoms with van der Waals surface area (Å²) in [7, 11) is 0. The Labute approximate surface area is 228 Å². The van der Waals surface area contributed by atoms with Gasteiger partial charge in [-0.15, -0.1) is 0 Å². The lowest BCUT2D eigenvalue weighted by atomic mass is 9.68. The van der Waals surface area contributed by atoms with Gasteiger partial charge >= 0.3 is 0 Å². The van der Waals surface area contributed by atoms with Crippen molar-refractivity contribution in [3.63, 3.8) is 0 Å². The Morgan fingerprint density at radius 2 is 1.69 bits per heavy atom. The number of nitrogens with zero attached hydrogens (tertiary/aromatic N) is 2. The summed E-state index contributed by atoms with van der Waals surface area (Å²) in [5.41, 5.74) is 21.4. The number of nitriles is 1. The molecule has 9 heteroatoms. The first-order valence-electron chi connectivity index (χ1n) is 13.3. The van der Waals surface area contributed by atoms with Crippen LogP contribution in [0.3, 0.4) is 0 Å². The topological polar surface area (TPSA) is 168 Å². The molecule has 9 nitrogen and oxygen atoms in total. The maximum Gasteiger partial charge on any atom is 0.248 e. The highest BCUT2D eigenvalue weighted by atomic mass is 16.2. The standard InChI is InChI=1S/C30H34N6O3/c1-16(35-15-27(37)36-23(14-31)11-22-12-26(22)36)13-30(29(34)39)24-7-5-18(17(2)32)9-19(24)3-4-20-10-21(28(33)38)6-8-25(20)30/h5-10,16,22-23,26,35H,2-4,11-13,15,32H2,1H3,(H2,33,38)(H2,34,39)/t16-,22+,23?,26?,30?/m0/s1. The van der Waals surface area contributed by atoms with Crippen LogP contribution < -0.4 is 22.5 Å². The Morgan fingerprint density at radius 1 is 1.08 bits per heavy atom. The Kier molecular flexibility index (Phi) is 6.69. The molecular weight excluding hydrogens is 492 g/mol. The molecule has 202 valence electrons. The van der Waals surface area contributed by atoms with Gasteiger partial charge in [0.05, 0.1) is 12.6 Å². The molecule has 2 aromatic carbocycles. The molecule has 1 saturated heterocycles. The molecule has 3 amide bonds. The number of piperidine rings is 1. The zero-order chi connectivity index (χ0) is 28.1. The van der Waals surface area contributed by atoms with Gasteiger partial charge in [-0.1, -0.05) is 24.8 Å². The fourth-order valence-electron chi connectivity index (χ4n) is 6.60. The van der Waals surface area contributed by atoms with E-state index in [2.05, 4.69) is 18.0 Å². The van der Waals surface area contributed by atoms with Crippen LogP contribution in [0.25, 0.3) is 5.70 Å². The maximum absolute atomic E-state index is 13.6. The minimum Gasteiger partial charge on any atom is -0.399 e. The second-order valence-electron chi connectivity index (χ2n) is 11.1. The number of carbonyl (C=O) groups is 3. The molecule has 1 heterocycles. The van der Waals surface area contributed by atoms with E-state index in [9.17, 15) is 19.6 Å². The molecule has 0 radical (unpaired) electrons. The van der Waals surface area contributed by atoms with Gasteiger partial charge in [0.1, 0.15) is 11.5 Å². The normalized spacial score (nSPS) is 25.3. The highest BCUT2D eigenvalue weighted by Gasteiger charge is 2.54. The van der Waals surface area contributed by atoms with E-state index >= 15 is 0 Å². The van der Waals surface area contributed by atoms with E-state index in [0.29, 0.717) is 30.0 Å². The predicted molar refractivity (Wildman–Crippen MR) is 147 cm³/mol. The molecule has 5 rings (SSSR count). The molecule has 0 bridgehead atoms. The van der Waals surface area contributed by atoms with Gasteiger partial charge in [0.15, 0.2) is 0 Å². The number of benzene rings is 2. The van der Waals surface area contributed by atoms with Crippen LogP contribution in [0.15, 0.2) is 43.0 Å². The number of nitrogens with two attached hydrogens (primary N) is 3. The summed E-state index contributed by atoms with van der Waals surface area (Å²) in [4.78, 5) is 40.3. The Hall–Kier alpha value is -4.16. The number of nitrogens with one attached hydrogen (secondary N) is 1. The SMILES string of the molecule is C=C(N)c1ccc2c(c1)CCc1cc(C(N)=O)ccc1C2(C[C@H](C)NCC(=O)N1C(C#N)C[C@@H]2CC21)C(N)=O. The summed E-state index contributed by atoms with van der Waals surface area (Å²) in [6.07, 6.45) is 3.16. The van der Waals surface area contributed by atoms with Crippen molar-refractivity contribution >= 4 is 23.4 Å². The molecule has 1 saturated carbocycles. The summed E-state index contributed by atoms with van der Waals surface area (Å²) >= 11 is 0. The number of likely N-dealkylation sites (tertiary alicyclic amines) is 1. The van der Waals surface area contributed by atoms with Crippen LogP contribution in [-0.2, 0) is 27.8 Å². The minimum atomic E-state index is -1.23. The third kappa shape index (κ3) is 4.55. The van der Waals surface area contributed by atoms with Crippen LogP contribution in [0.1, 0.15) is 64.4 Å². The predicted octanol–water partition coefficient (Wildman–Crippen LogP) is 1.47. The smallest absolute Gasteiger partial charge is 0.248 e. The largest absolute Gasteiger partial charge is 0.399 e. The van der Waals surface area contributed by atoms with Gasteiger partial charge in [-0.3, -0.25) is 14.4 Å². The van der Waals surface area contributed by atoms with Crippen molar-refractivity contribution < 1.29 is 14.4 Å². The number of amides is 3. The lowest BCUT2D eigenvalue weighted by Crippen LogP contribution is -2.49. The van der Waals surface area contributed by atoms with Crippen LogP contribution in [-0.4, -0.2) is 47.3 Å². The fraction of sp³-hybridized carbons (Fsp3) is 0.400. The van der Waals surface area contributed by atoms with Crippen LogP contribution in [0.2, 0.25) is 0 Å². The van der Waals surface area contributed by atoms with Crippen LogP contribution in [0.5, 0.6) is 0 Å². The highest BCUT2D eigenvalue weighted by Crippen LogP contribution is 2.48. The van der Waals surface area contributed by atoms with Crippen LogP contribution >= 0.6 is 0 Å². The molecule has 39 heavy (non-hydrogen) atoms. The van der Waals surface area contributed by atoms with E-state index in [1.54, 1.807) is 23.1 Å². The summed E-state index contributed by atoms with van der Waals surface area (Å²) in [6.45, 7) is 5.83. The zero-order valence-electron chi connectivity index (χ0n) is 22.1. The lowest BCUT2D eigenvalue weighted by Gasteiger charge is -2.36. The zero-order valence-corrected chi connectivity index (χ0v) is 22.1. The highest BCUT2D eigenvalue weighted by molar-refractivity contribution is 5.95. The number of aryl methyl sites for hydroxylation is 2. The van der Waals surface area contributed by atoms with Crippen molar-refractivity contribution in [3.05, 3.63) is 76.4 Å². The van der Waals surface area contributed by atoms with Crippen molar-refractivity contribution in [1.29, 1.82) is 5.26 Å². The first-order chi connectivity index (χ1) is 18.6. The van der Waals surface area contributed by atoms with Crippen LogP contribution in [0, 0.1) is 17.2 Å². The molecule has 3 unspecified atom stereocenters. The maximum atomic E-state index is 13.6. The summed E-state index contributed by atoms with van der Waals surface area (Å²) in [6, 6.07) is 12.6.